The van der Waals surface area contributed by atoms with Gasteiger partial charge in [0.1, 0.15) is 11.6 Å². The smallest absolute Gasteiger partial charge is 0.306 e. The lowest BCUT2D eigenvalue weighted by Gasteiger charge is -2.15. The molecule has 0 saturated carbocycles. The number of carbonyl (C=O) groups is 2. The van der Waals surface area contributed by atoms with Crippen LogP contribution in [0.4, 0.5) is 5.69 Å². The Morgan fingerprint density at radius 2 is 1.80 bits per heavy atom. The van der Waals surface area contributed by atoms with Crippen LogP contribution in [-0.2, 0) is 20.7 Å². The molecule has 1 heterocycles. The maximum absolute atomic E-state index is 12.3. The van der Waals surface area contributed by atoms with Crippen molar-refractivity contribution >= 4 is 17.6 Å². The van der Waals surface area contributed by atoms with Gasteiger partial charge in [-0.25, -0.2) is 0 Å². The number of hydrogen-bond acceptors (Lipinski definition) is 5. The molecule has 0 aliphatic carbocycles. The van der Waals surface area contributed by atoms with Crippen molar-refractivity contribution in [2.45, 2.75) is 59.5 Å². The molecule has 158 valence electrons. The molecular weight excluding hydrogens is 382 g/mol. The molecule has 0 aliphatic rings. The number of ether oxygens (including phenoxy) is 1. The highest BCUT2D eigenvalue weighted by Gasteiger charge is 2.19. The van der Waals surface area contributed by atoms with Crippen LogP contribution in [0.15, 0.2) is 29.1 Å². The van der Waals surface area contributed by atoms with Crippen LogP contribution in [0.3, 0.4) is 0 Å². The van der Waals surface area contributed by atoms with Crippen molar-refractivity contribution in [2.75, 3.05) is 5.32 Å². The van der Waals surface area contributed by atoms with Crippen molar-refractivity contribution < 1.29 is 14.3 Å². The minimum Gasteiger partial charge on any atom is -0.453 e. The number of hydrogen-bond donors (Lipinski definition) is 2. The van der Waals surface area contributed by atoms with Gasteiger partial charge in [0.05, 0.1) is 0 Å². The molecule has 0 saturated heterocycles. The van der Waals surface area contributed by atoms with Crippen molar-refractivity contribution in [2.24, 2.45) is 0 Å². The summed E-state index contributed by atoms with van der Waals surface area (Å²) in [6.45, 7) is 9.09. The van der Waals surface area contributed by atoms with Gasteiger partial charge < -0.3 is 15.0 Å². The molecule has 2 aromatic rings. The van der Waals surface area contributed by atoms with E-state index in [1.54, 1.807) is 13.8 Å². The standard InChI is InChI=1S/C23H27N3O4/c1-13(2)17-6-8-18(9-7-17)26-22(28)16(5)30-21(27)11-10-19-14(3)20(12-24)23(29)25-15(19)4/h6-9,13,16H,10-11H2,1-5H3,(H,25,29)(H,26,28)/t16-/m0/s1. The van der Waals surface area contributed by atoms with E-state index in [0.29, 0.717) is 29.3 Å². The third-order valence-corrected chi connectivity index (χ3v) is 5.02. The van der Waals surface area contributed by atoms with Crippen LogP contribution >= 0.6 is 0 Å². The van der Waals surface area contributed by atoms with E-state index in [1.165, 1.54) is 12.5 Å². The van der Waals surface area contributed by atoms with E-state index >= 15 is 0 Å². The average Bonchev–Trinajstić information content (AvgIpc) is 2.68. The van der Waals surface area contributed by atoms with Gasteiger partial charge in [0.2, 0.25) is 0 Å². The first-order valence-electron chi connectivity index (χ1n) is 9.86. The number of carbonyl (C=O) groups excluding carboxylic acids is 2. The SMILES string of the molecule is Cc1[nH]c(=O)c(C#N)c(C)c1CCC(=O)O[C@@H](C)C(=O)Nc1ccc(C(C)C)cc1. The lowest BCUT2D eigenvalue weighted by molar-refractivity contribution is -0.153. The van der Waals surface area contributed by atoms with Crippen molar-refractivity contribution in [1.82, 2.24) is 4.98 Å². The van der Waals surface area contributed by atoms with Gasteiger partial charge in [0.25, 0.3) is 11.5 Å². The molecule has 1 aromatic carbocycles. The summed E-state index contributed by atoms with van der Waals surface area (Å²) < 4.78 is 5.24. The third kappa shape index (κ3) is 5.57. The summed E-state index contributed by atoms with van der Waals surface area (Å²) in [5.74, 6) is -0.547. The molecule has 2 N–H and O–H groups in total. The quantitative estimate of drug-likeness (QED) is 0.680. The Bertz CT molecular complexity index is 1030. The number of anilines is 1. The fraction of sp³-hybridized carbons (Fsp3) is 0.391. The van der Waals surface area contributed by atoms with Crippen molar-refractivity contribution in [3.05, 3.63) is 62.6 Å². The van der Waals surface area contributed by atoms with E-state index in [-0.39, 0.29) is 12.0 Å². The topological polar surface area (TPSA) is 112 Å². The van der Waals surface area contributed by atoms with Gasteiger partial charge in [-0.1, -0.05) is 26.0 Å². The molecule has 0 fully saturated rings. The molecule has 1 aromatic heterocycles. The van der Waals surface area contributed by atoms with Crippen molar-refractivity contribution in [3.63, 3.8) is 0 Å². The molecule has 0 aliphatic heterocycles. The molecule has 2 rings (SSSR count). The minimum absolute atomic E-state index is 0.0271. The largest absolute Gasteiger partial charge is 0.453 e. The Labute approximate surface area is 176 Å². The lowest BCUT2D eigenvalue weighted by Crippen LogP contribution is -2.30. The van der Waals surface area contributed by atoms with Crippen LogP contribution in [0, 0.1) is 25.2 Å². The molecule has 0 bridgehead atoms. The fourth-order valence-electron chi connectivity index (χ4n) is 3.15. The van der Waals surface area contributed by atoms with Crippen molar-refractivity contribution in [3.8, 4) is 6.07 Å². The number of amides is 1. The molecule has 7 heteroatoms. The number of aromatic nitrogens is 1. The van der Waals surface area contributed by atoms with Gasteiger partial charge in [-0.15, -0.1) is 0 Å². The Morgan fingerprint density at radius 3 is 2.37 bits per heavy atom. The molecule has 1 amide bonds. The molecule has 30 heavy (non-hydrogen) atoms. The number of nitrogens with one attached hydrogen (secondary N) is 2. The predicted octanol–water partition coefficient (Wildman–Crippen LogP) is 3.49. The number of nitrogens with zero attached hydrogens (tertiary/aromatic N) is 1. The van der Waals surface area contributed by atoms with Gasteiger partial charge >= 0.3 is 5.97 Å². The summed E-state index contributed by atoms with van der Waals surface area (Å²) in [5, 5.41) is 11.9. The molecule has 0 radical (unpaired) electrons. The van der Waals surface area contributed by atoms with E-state index in [0.717, 1.165) is 5.56 Å². The Kier molecular flexibility index (Phi) is 7.54. The first-order valence-corrected chi connectivity index (χ1v) is 9.86. The third-order valence-electron chi connectivity index (χ3n) is 5.02. The number of benzene rings is 1. The zero-order chi connectivity index (χ0) is 22.4. The van der Waals surface area contributed by atoms with E-state index in [9.17, 15) is 14.4 Å². The number of H-pyrrole nitrogens is 1. The molecular formula is C23H27N3O4. The zero-order valence-electron chi connectivity index (χ0n) is 18.0. The lowest BCUT2D eigenvalue weighted by atomic mass is 9.99. The second-order valence-electron chi connectivity index (χ2n) is 7.57. The van der Waals surface area contributed by atoms with Crippen LogP contribution in [0.2, 0.25) is 0 Å². The second-order valence-corrected chi connectivity index (χ2v) is 7.57. The summed E-state index contributed by atoms with van der Waals surface area (Å²) in [6.07, 6.45) is -0.624. The van der Waals surface area contributed by atoms with Gasteiger partial charge in [-0.2, -0.15) is 5.26 Å². The Hall–Kier alpha value is -3.40. The summed E-state index contributed by atoms with van der Waals surface area (Å²) in [6, 6.07) is 9.41. The van der Waals surface area contributed by atoms with E-state index in [4.69, 9.17) is 10.00 Å². The summed E-state index contributed by atoms with van der Waals surface area (Å²) >= 11 is 0. The number of aryl methyl sites for hydroxylation is 1. The van der Waals surface area contributed by atoms with Crippen LogP contribution in [0.25, 0.3) is 0 Å². The van der Waals surface area contributed by atoms with Gasteiger partial charge in [-0.05, 0) is 61.9 Å². The summed E-state index contributed by atoms with van der Waals surface area (Å²) in [5.41, 5.74) is 3.30. The molecule has 7 nitrogen and oxygen atoms in total. The first-order chi connectivity index (χ1) is 14.1. The average molecular weight is 409 g/mol. The predicted molar refractivity (Wildman–Crippen MR) is 114 cm³/mol. The highest BCUT2D eigenvalue weighted by atomic mass is 16.5. The monoisotopic (exact) mass is 409 g/mol. The fourth-order valence-corrected chi connectivity index (χ4v) is 3.15. The van der Waals surface area contributed by atoms with Crippen LogP contribution < -0.4 is 10.9 Å². The van der Waals surface area contributed by atoms with Crippen LogP contribution in [0.1, 0.15) is 61.1 Å². The number of aromatic amines is 1. The van der Waals surface area contributed by atoms with Crippen LogP contribution in [0.5, 0.6) is 0 Å². The highest BCUT2D eigenvalue weighted by molar-refractivity contribution is 5.95. The number of nitriles is 1. The van der Waals surface area contributed by atoms with E-state index in [2.05, 4.69) is 24.1 Å². The minimum atomic E-state index is -0.949. The van der Waals surface area contributed by atoms with Gasteiger partial charge in [0, 0.05) is 17.8 Å². The van der Waals surface area contributed by atoms with Gasteiger partial charge in [-0.3, -0.25) is 14.4 Å². The molecule has 0 unspecified atom stereocenters. The maximum atomic E-state index is 12.3. The highest BCUT2D eigenvalue weighted by Crippen LogP contribution is 2.18. The van der Waals surface area contributed by atoms with E-state index < -0.39 is 23.5 Å². The number of esters is 1. The molecule has 1 atom stereocenters. The first kappa shape index (κ1) is 22.9. The van der Waals surface area contributed by atoms with E-state index in [1.807, 2.05) is 30.3 Å². The Morgan fingerprint density at radius 1 is 1.17 bits per heavy atom. The number of pyridine rings is 1. The van der Waals surface area contributed by atoms with Crippen molar-refractivity contribution in [1.29, 1.82) is 5.26 Å². The van der Waals surface area contributed by atoms with Gasteiger partial charge in [0.15, 0.2) is 6.10 Å². The van der Waals surface area contributed by atoms with Crippen LogP contribution in [-0.4, -0.2) is 23.0 Å². The molecule has 0 spiro atoms. The second kappa shape index (κ2) is 9.88. The Balaban J connectivity index is 1.94. The summed E-state index contributed by atoms with van der Waals surface area (Å²) in [4.78, 5) is 38.9. The zero-order valence-corrected chi connectivity index (χ0v) is 18.0. The number of rotatable bonds is 7. The summed E-state index contributed by atoms with van der Waals surface area (Å²) in [7, 11) is 0. The maximum Gasteiger partial charge on any atom is 0.306 e. The normalized spacial score (nSPS) is 11.6.